The van der Waals surface area contributed by atoms with Gasteiger partial charge in [-0.1, -0.05) is 39.5 Å². The van der Waals surface area contributed by atoms with E-state index in [2.05, 4.69) is 20.5 Å². The highest BCUT2D eigenvalue weighted by atomic mass is 31.1. The van der Waals surface area contributed by atoms with Gasteiger partial charge in [-0.25, -0.2) is 8.78 Å². The second kappa shape index (κ2) is 11.8. The lowest BCUT2D eigenvalue weighted by molar-refractivity contribution is -0.0426. The van der Waals surface area contributed by atoms with Crippen molar-refractivity contribution >= 4 is 8.15 Å². The normalized spacial score (nSPS) is 42.5. The molecule has 0 aromatic rings. The molecule has 3 fully saturated rings. The highest BCUT2D eigenvalue weighted by Crippen LogP contribution is 2.48. The molecule has 0 aliphatic heterocycles. The van der Waals surface area contributed by atoms with Gasteiger partial charge in [0.2, 0.25) is 0 Å². The largest absolute Gasteiger partial charge is 0.353 e. The molecule has 3 saturated carbocycles. The van der Waals surface area contributed by atoms with Crippen molar-refractivity contribution < 1.29 is 13.3 Å². The van der Waals surface area contributed by atoms with Gasteiger partial charge in [-0.15, -0.1) is 0 Å². The van der Waals surface area contributed by atoms with Gasteiger partial charge in [-0.2, -0.15) is 0 Å². The lowest BCUT2D eigenvalue weighted by Crippen LogP contribution is -2.45. The summed E-state index contributed by atoms with van der Waals surface area (Å²) < 4.78 is 36.0. The van der Waals surface area contributed by atoms with Crippen molar-refractivity contribution in [1.82, 2.24) is 0 Å². The van der Waals surface area contributed by atoms with Crippen LogP contribution in [0.2, 0.25) is 0 Å². The van der Waals surface area contributed by atoms with E-state index in [4.69, 9.17) is 4.52 Å². The maximum Gasteiger partial charge on any atom is 0.158 e. The molecule has 0 saturated heterocycles. The average Bonchev–Trinajstić information content (AvgIpc) is 2.73. The van der Waals surface area contributed by atoms with E-state index in [-0.39, 0.29) is 5.92 Å². The summed E-state index contributed by atoms with van der Waals surface area (Å²) in [4.78, 5) is 0. The van der Waals surface area contributed by atoms with Crippen molar-refractivity contribution in [3.8, 4) is 0 Å². The summed E-state index contributed by atoms with van der Waals surface area (Å²) in [5.74, 6) is 2.99. The molecule has 0 heterocycles. The van der Waals surface area contributed by atoms with E-state index in [0.29, 0.717) is 12.3 Å². The molecule has 29 heavy (non-hydrogen) atoms. The zero-order valence-corrected chi connectivity index (χ0v) is 20.0. The Morgan fingerprint density at radius 1 is 0.759 bits per heavy atom. The summed E-state index contributed by atoms with van der Waals surface area (Å²) in [6.07, 6.45) is 13.2. The van der Waals surface area contributed by atoms with E-state index < -0.39 is 26.6 Å². The maximum atomic E-state index is 15.1. The third kappa shape index (κ3) is 6.61. The average molecular weight is 431 g/mol. The van der Waals surface area contributed by atoms with Crippen LogP contribution in [0.3, 0.4) is 0 Å². The molecular formula is C25H45F2OP. The maximum absolute atomic E-state index is 15.1. The molecule has 0 spiro atoms. The van der Waals surface area contributed by atoms with Gasteiger partial charge in [-0.3, -0.25) is 0 Å². The fraction of sp³-hybridized carbons (Fsp3) is 1.00. The van der Waals surface area contributed by atoms with Crippen LogP contribution in [0.1, 0.15) is 97.3 Å². The van der Waals surface area contributed by atoms with Crippen molar-refractivity contribution in [3.05, 3.63) is 0 Å². The summed E-state index contributed by atoms with van der Waals surface area (Å²) in [7, 11) is -0.613. The van der Waals surface area contributed by atoms with Crippen LogP contribution in [-0.2, 0) is 4.52 Å². The van der Waals surface area contributed by atoms with Crippen LogP contribution in [-0.4, -0.2) is 31.3 Å². The van der Waals surface area contributed by atoms with Crippen molar-refractivity contribution in [1.29, 1.82) is 0 Å². The third-order valence-electron chi connectivity index (χ3n) is 8.39. The van der Waals surface area contributed by atoms with Crippen molar-refractivity contribution in [2.75, 3.05) is 12.8 Å². The highest BCUT2D eigenvalue weighted by Gasteiger charge is 2.45. The van der Waals surface area contributed by atoms with Crippen LogP contribution in [0.4, 0.5) is 8.78 Å². The Hall–Kier alpha value is 0.250. The molecule has 5 atom stereocenters. The molecular weight excluding hydrogens is 385 g/mol. The second-order valence-electron chi connectivity index (χ2n) is 10.5. The van der Waals surface area contributed by atoms with Gasteiger partial charge in [0.1, 0.15) is 6.17 Å². The molecule has 0 N–H and O–H groups in total. The molecule has 4 heteroatoms. The quantitative estimate of drug-likeness (QED) is 0.278. The van der Waals surface area contributed by atoms with E-state index >= 15 is 4.39 Å². The van der Waals surface area contributed by atoms with Crippen molar-refractivity contribution in [2.45, 2.75) is 116 Å². The van der Waals surface area contributed by atoms with Crippen LogP contribution < -0.4 is 0 Å². The molecule has 0 bridgehead atoms. The zero-order valence-electron chi connectivity index (χ0n) is 19.1. The standard InChI is InChI=1S/C25H45F2OP/c1-4-5-6-17-29(3)28-23-16-15-22(24(26)25(23)27)21-13-11-20(12-14-21)19-9-7-18(2)8-10-19/h18-25H,4-17H2,1-3H3. The lowest BCUT2D eigenvalue weighted by atomic mass is 9.65. The van der Waals surface area contributed by atoms with Crippen LogP contribution >= 0.6 is 8.15 Å². The minimum Gasteiger partial charge on any atom is -0.353 e. The third-order valence-corrected chi connectivity index (χ3v) is 9.97. The number of unbranched alkanes of at least 4 members (excludes halogenated alkanes) is 2. The Balaban J connectivity index is 1.42. The molecule has 3 aliphatic carbocycles. The van der Waals surface area contributed by atoms with Gasteiger partial charge in [0, 0.05) is 8.15 Å². The Morgan fingerprint density at radius 3 is 1.97 bits per heavy atom. The van der Waals surface area contributed by atoms with Gasteiger partial charge in [0.05, 0.1) is 6.10 Å². The predicted molar refractivity (Wildman–Crippen MR) is 121 cm³/mol. The minimum atomic E-state index is -1.41. The first kappa shape index (κ1) is 23.9. The van der Waals surface area contributed by atoms with Crippen LogP contribution in [0.5, 0.6) is 0 Å². The number of hydrogen-bond donors (Lipinski definition) is 0. The fourth-order valence-corrected chi connectivity index (χ4v) is 7.85. The molecule has 3 rings (SSSR count). The van der Waals surface area contributed by atoms with Gasteiger partial charge < -0.3 is 4.52 Å². The van der Waals surface area contributed by atoms with Gasteiger partial charge in [0.25, 0.3) is 0 Å². The Kier molecular flexibility index (Phi) is 9.69. The second-order valence-corrected chi connectivity index (χ2v) is 12.4. The monoisotopic (exact) mass is 430 g/mol. The van der Waals surface area contributed by atoms with E-state index in [0.717, 1.165) is 49.6 Å². The lowest BCUT2D eigenvalue weighted by Gasteiger charge is -2.43. The summed E-state index contributed by atoms with van der Waals surface area (Å²) in [6, 6.07) is 0. The van der Waals surface area contributed by atoms with Crippen molar-refractivity contribution in [3.63, 3.8) is 0 Å². The molecule has 5 unspecified atom stereocenters. The van der Waals surface area contributed by atoms with Crippen LogP contribution in [0.15, 0.2) is 0 Å². The van der Waals surface area contributed by atoms with E-state index in [1.165, 1.54) is 51.4 Å². The molecule has 0 amide bonds. The molecule has 3 aliphatic rings. The number of halogens is 2. The van der Waals surface area contributed by atoms with Gasteiger partial charge in [0.15, 0.2) is 6.17 Å². The topological polar surface area (TPSA) is 9.23 Å². The van der Waals surface area contributed by atoms with Crippen molar-refractivity contribution in [2.24, 2.45) is 29.6 Å². The predicted octanol–water partition coefficient (Wildman–Crippen LogP) is 8.31. The number of hydrogen-bond acceptors (Lipinski definition) is 1. The first-order valence-corrected chi connectivity index (χ1v) is 14.5. The van der Waals surface area contributed by atoms with E-state index in [9.17, 15) is 4.39 Å². The molecule has 0 radical (unpaired) electrons. The molecule has 170 valence electrons. The first-order chi connectivity index (χ1) is 14.0. The van der Waals surface area contributed by atoms with Crippen LogP contribution in [0.25, 0.3) is 0 Å². The van der Waals surface area contributed by atoms with Gasteiger partial charge >= 0.3 is 0 Å². The Labute approximate surface area is 180 Å². The number of alkyl halides is 2. The summed E-state index contributed by atoms with van der Waals surface area (Å²) in [5.41, 5.74) is 0. The Bertz CT molecular complexity index is 460. The smallest absolute Gasteiger partial charge is 0.158 e. The summed E-state index contributed by atoms with van der Waals surface area (Å²) in [6.45, 7) is 6.66. The minimum absolute atomic E-state index is 0.0691. The summed E-state index contributed by atoms with van der Waals surface area (Å²) in [5, 5.41) is 0. The molecule has 1 nitrogen and oxygen atoms in total. The SMILES string of the molecule is CCCCCP(C)OC1CCC(C2CCC(C3CCC(C)CC3)CC2)C(F)C1F. The molecule has 0 aromatic carbocycles. The highest BCUT2D eigenvalue weighted by molar-refractivity contribution is 7.51. The summed E-state index contributed by atoms with van der Waals surface area (Å²) >= 11 is 0. The molecule has 0 aromatic heterocycles. The van der Waals surface area contributed by atoms with Gasteiger partial charge in [-0.05, 0) is 100 Å². The first-order valence-electron chi connectivity index (χ1n) is 12.7. The van der Waals surface area contributed by atoms with Crippen LogP contribution in [0, 0.1) is 29.6 Å². The zero-order chi connectivity index (χ0) is 20.8. The number of rotatable bonds is 8. The fourth-order valence-electron chi connectivity index (χ4n) is 6.39. The van der Waals surface area contributed by atoms with E-state index in [1.54, 1.807) is 0 Å². The van der Waals surface area contributed by atoms with E-state index in [1.807, 2.05) is 0 Å². The Morgan fingerprint density at radius 2 is 1.34 bits per heavy atom.